The Morgan fingerprint density at radius 1 is 1.13 bits per heavy atom. The number of aromatic nitrogens is 1. The molecule has 1 aliphatic heterocycles. The molecule has 1 fully saturated rings. The summed E-state index contributed by atoms with van der Waals surface area (Å²) in [7, 11) is 0. The summed E-state index contributed by atoms with van der Waals surface area (Å²) < 4.78 is 5.11. The number of rotatable bonds is 9. The zero-order chi connectivity index (χ0) is 21.5. The molecule has 1 aliphatic rings. The lowest BCUT2D eigenvalue weighted by molar-refractivity contribution is -0.139. The highest BCUT2D eigenvalue weighted by atomic mass is 16.5. The quantitative estimate of drug-likeness (QED) is 0.632. The predicted molar refractivity (Wildman–Crippen MR) is 111 cm³/mol. The van der Waals surface area contributed by atoms with Crippen molar-refractivity contribution in [2.45, 2.75) is 25.8 Å². The van der Waals surface area contributed by atoms with Gasteiger partial charge in [0, 0.05) is 36.7 Å². The van der Waals surface area contributed by atoms with E-state index in [2.05, 4.69) is 4.98 Å². The highest BCUT2D eigenvalue weighted by Crippen LogP contribution is 2.22. The first-order valence-electron chi connectivity index (χ1n) is 9.93. The number of carbonyl (C=O) groups is 3. The third-order valence-electron chi connectivity index (χ3n) is 5.03. The molecule has 3 rings (SSSR count). The van der Waals surface area contributed by atoms with Crippen molar-refractivity contribution in [3.63, 3.8) is 0 Å². The molecule has 2 heterocycles. The number of carboxylic acids is 1. The number of Topliss-reactive ketones (excluding diaryl/α,β-unsaturated/α-hetero) is 1. The Hall–Kier alpha value is -3.42. The highest BCUT2D eigenvalue weighted by molar-refractivity contribution is 6.02. The van der Waals surface area contributed by atoms with Gasteiger partial charge in [0.15, 0.2) is 12.4 Å². The fourth-order valence-corrected chi connectivity index (χ4v) is 3.55. The molecule has 1 unspecified atom stereocenters. The van der Waals surface area contributed by atoms with Gasteiger partial charge < -0.3 is 19.6 Å². The number of nitrogens with zero attached hydrogens (tertiary/aromatic N) is 3. The summed E-state index contributed by atoms with van der Waals surface area (Å²) in [6.07, 6.45) is 4.74. The molecule has 0 aliphatic carbocycles. The maximum atomic E-state index is 13.2. The number of hydrogen-bond donors (Lipinski definition) is 1. The van der Waals surface area contributed by atoms with Crippen LogP contribution in [0.15, 0.2) is 48.8 Å². The number of anilines is 1. The molecule has 0 bridgehead atoms. The summed E-state index contributed by atoms with van der Waals surface area (Å²) in [5.74, 6) is -0.885. The topological polar surface area (TPSA) is 100 Å². The molecule has 1 atom stereocenters. The highest BCUT2D eigenvalue weighted by Gasteiger charge is 2.33. The average molecular weight is 411 g/mol. The number of benzene rings is 1. The lowest BCUT2D eigenvalue weighted by atomic mass is 9.98. The minimum absolute atomic E-state index is 0.0775. The number of carboxylic acid groups (broad SMARTS) is 1. The summed E-state index contributed by atoms with van der Waals surface area (Å²) in [6.45, 7) is 2.88. The van der Waals surface area contributed by atoms with Crippen molar-refractivity contribution in [2.24, 2.45) is 0 Å². The van der Waals surface area contributed by atoms with Gasteiger partial charge >= 0.3 is 5.97 Å². The van der Waals surface area contributed by atoms with Crippen molar-refractivity contribution in [1.29, 1.82) is 0 Å². The molecule has 158 valence electrons. The number of ketones is 1. The number of piperazine rings is 1. The molecule has 8 heteroatoms. The van der Waals surface area contributed by atoms with Gasteiger partial charge in [0.1, 0.15) is 5.75 Å². The molecule has 30 heavy (non-hydrogen) atoms. The fraction of sp³-hybridized carbons (Fsp3) is 0.364. The molecular weight excluding hydrogens is 386 g/mol. The van der Waals surface area contributed by atoms with E-state index in [1.54, 1.807) is 41.6 Å². The van der Waals surface area contributed by atoms with Gasteiger partial charge in [-0.25, -0.2) is 4.79 Å². The van der Waals surface area contributed by atoms with E-state index in [0.29, 0.717) is 30.8 Å². The summed E-state index contributed by atoms with van der Waals surface area (Å²) in [5.41, 5.74) is 1.41. The Morgan fingerprint density at radius 3 is 2.43 bits per heavy atom. The first-order valence-corrected chi connectivity index (χ1v) is 9.93. The van der Waals surface area contributed by atoms with Gasteiger partial charge in [0.05, 0.1) is 12.6 Å². The van der Waals surface area contributed by atoms with Crippen molar-refractivity contribution < 1.29 is 24.2 Å². The lowest BCUT2D eigenvalue weighted by Crippen LogP contribution is -2.56. The molecule has 1 amide bonds. The SMILES string of the molecule is CCCC(C(=O)c1ccc(OCC(=O)O)cc1)N1CCN(c2ccncc2)CC1=O. The van der Waals surface area contributed by atoms with Crippen LogP contribution in [0, 0.1) is 0 Å². The standard InChI is InChI=1S/C22H25N3O5/c1-2-3-19(22(29)16-4-6-18(7-5-16)30-15-21(27)28)25-13-12-24(14-20(25)26)17-8-10-23-11-9-17/h4-11,19H,2-3,12-15H2,1H3,(H,27,28). The van der Waals surface area contributed by atoms with Crippen LogP contribution in [0.25, 0.3) is 0 Å². The third-order valence-corrected chi connectivity index (χ3v) is 5.03. The second-order valence-corrected chi connectivity index (χ2v) is 7.09. The molecule has 0 spiro atoms. The Balaban J connectivity index is 1.70. The van der Waals surface area contributed by atoms with Crippen molar-refractivity contribution in [1.82, 2.24) is 9.88 Å². The van der Waals surface area contributed by atoms with E-state index in [0.717, 1.165) is 12.1 Å². The fourth-order valence-electron chi connectivity index (χ4n) is 3.55. The average Bonchev–Trinajstić information content (AvgIpc) is 2.77. The van der Waals surface area contributed by atoms with Crippen molar-refractivity contribution >= 4 is 23.3 Å². The van der Waals surface area contributed by atoms with Gasteiger partial charge in [-0.15, -0.1) is 0 Å². The van der Waals surface area contributed by atoms with Gasteiger partial charge in [-0.2, -0.15) is 0 Å². The number of ether oxygens (including phenoxy) is 1. The van der Waals surface area contributed by atoms with Gasteiger partial charge in [0.2, 0.25) is 5.91 Å². The van der Waals surface area contributed by atoms with E-state index < -0.39 is 18.6 Å². The number of pyridine rings is 1. The number of carbonyl (C=O) groups excluding carboxylic acids is 2. The summed E-state index contributed by atoms with van der Waals surface area (Å²) >= 11 is 0. The van der Waals surface area contributed by atoms with E-state index in [1.165, 1.54) is 0 Å². The minimum atomic E-state index is -1.07. The van der Waals surface area contributed by atoms with Crippen LogP contribution in [0.2, 0.25) is 0 Å². The summed E-state index contributed by atoms with van der Waals surface area (Å²) in [4.78, 5) is 44.3. The third kappa shape index (κ3) is 5.14. The van der Waals surface area contributed by atoms with E-state index in [9.17, 15) is 14.4 Å². The second kappa shape index (κ2) is 9.87. The van der Waals surface area contributed by atoms with E-state index in [-0.39, 0.29) is 18.2 Å². The Labute approximate surface area is 175 Å². The monoisotopic (exact) mass is 411 g/mol. The van der Waals surface area contributed by atoms with Crippen molar-refractivity contribution in [3.05, 3.63) is 54.4 Å². The zero-order valence-corrected chi connectivity index (χ0v) is 16.9. The Kier molecular flexibility index (Phi) is 7.00. The van der Waals surface area contributed by atoms with Gasteiger partial charge in [-0.3, -0.25) is 14.6 Å². The molecular formula is C22H25N3O5. The maximum Gasteiger partial charge on any atom is 0.341 e. The summed E-state index contributed by atoms with van der Waals surface area (Å²) in [6, 6.07) is 9.58. The first kappa shape index (κ1) is 21.3. The molecule has 1 N–H and O–H groups in total. The normalized spacial score (nSPS) is 15.0. The minimum Gasteiger partial charge on any atom is -0.482 e. The molecule has 1 aromatic heterocycles. The first-order chi connectivity index (χ1) is 14.5. The second-order valence-electron chi connectivity index (χ2n) is 7.09. The van der Waals surface area contributed by atoms with Crippen LogP contribution in [-0.2, 0) is 9.59 Å². The molecule has 0 radical (unpaired) electrons. The number of aliphatic carboxylic acids is 1. The zero-order valence-electron chi connectivity index (χ0n) is 16.9. The van der Waals surface area contributed by atoms with Crippen LogP contribution in [-0.4, -0.2) is 64.9 Å². The Bertz CT molecular complexity index is 885. The van der Waals surface area contributed by atoms with Gasteiger partial charge in [-0.1, -0.05) is 13.3 Å². The van der Waals surface area contributed by atoms with Crippen LogP contribution in [0.1, 0.15) is 30.1 Å². The van der Waals surface area contributed by atoms with Gasteiger partial charge in [-0.05, 0) is 42.8 Å². The van der Waals surface area contributed by atoms with Crippen LogP contribution >= 0.6 is 0 Å². The lowest BCUT2D eigenvalue weighted by Gasteiger charge is -2.39. The Morgan fingerprint density at radius 2 is 1.83 bits per heavy atom. The van der Waals surface area contributed by atoms with E-state index in [1.807, 2.05) is 24.0 Å². The smallest absolute Gasteiger partial charge is 0.341 e. The van der Waals surface area contributed by atoms with E-state index in [4.69, 9.17) is 9.84 Å². The molecule has 1 saturated heterocycles. The van der Waals surface area contributed by atoms with E-state index >= 15 is 0 Å². The predicted octanol–water partition coefficient (Wildman–Crippen LogP) is 2.25. The molecule has 0 saturated carbocycles. The van der Waals surface area contributed by atoms with Crippen LogP contribution in [0.4, 0.5) is 5.69 Å². The van der Waals surface area contributed by atoms with Crippen LogP contribution in [0.5, 0.6) is 5.75 Å². The largest absolute Gasteiger partial charge is 0.482 e. The van der Waals surface area contributed by atoms with Gasteiger partial charge in [0.25, 0.3) is 0 Å². The number of amides is 1. The molecule has 1 aromatic carbocycles. The molecule has 8 nitrogen and oxygen atoms in total. The van der Waals surface area contributed by atoms with Crippen molar-refractivity contribution in [3.8, 4) is 5.75 Å². The van der Waals surface area contributed by atoms with Crippen LogP contribution in [0.3, 0.4) is 0 Å². The summed E-state index contributed by atoms with van der Waals surface area (Å²) in [5, 5.41) is 8.69. The molecule has 2 aromatic rings. The number of hydrogen-bond acceptors (Lipinski definition) is 6. The van der Waals surface area contributed by atoms with Crippen LogP contribution < -0.4 is 9.64 Å². The maximum absolute atomic E-state index is 13.2. The van der Waals surface area contributed by atoms with Crippen molar-refractivity contribution in [2.75, 3.05) is 31.1 Å².